The number of carbonyl (C=O) groups excluding carboxylic acids is 1. The van der Waals surface area contributed by atoms with Crippen molar-refractivity contribution in [2.24, 2.45) is 5.73 Å². The Morgan fingerprint density at radius 1 is 1.25 bits per heavy atom. The van der Waals surface area contributed by atoms with Gasteiger partial charge in [-0.05, 0) is 37.6 Å². The van der Waals surface area contributed by atoms with Gasteiger partial charge in [-0.3, -0.25) is 9.69 Å². The van der Waals surface area contributed by atoms with Gasteiger partial charge in [0.2, 0.25) is 5.95 Å². The second kappa shape index (κ2) is 6.09. The largest absolute Gasteiger partial charge is 0.364 e. The highest BCUT2D eigenvalue weighted by Gasteiger charge is 2.37. The van der Waals surface area contributed by atoms with Gasteiger partial charge in [0.15, 0.2) is 0 Å². The van der Waals surface area contributed by atoms with E-state index in [9.17, 15) is 4.79 Å². The molecule has 0 aliphatic carbocycles. The van der Waals surface area contributed by atoms with E-state index in [1.54, 1.807) is 6.20 Å². The number of piperidine rings is 1. The predicted octanol–water partition coefficient (Wildman–Crippen LogP) is 1.61. The number of benzene rings is 1. The van der Waals surface area contributed by atoms with Crippen molar-refractivity contribution < 1.29 is 4.79 Å². The number of para-hydroxylation sites is 2. The topological polar surface area (TPSA) is 96.2 Å². The summed E-state index contributed by atoms with van der Waals surface area (Å²) in [6.45, 7) is 1.01. The molecule has 2 atom stereocenters. The molecule has 124 valence electrons. The van der Waals surface area contributed by atoms with Gasteiger partial charge < -0.3 is 16.4 Å². The molecule has 1 aromatic carbocycles. The molecule has 0 bridgehead atoms. The maximum Gasteiger partial charge on any atom is 0.267 e. The van der Waals surface area contributed by atoms with E-state index in [1.165, 1.54) is 18.9 Å². The summed E-state index contributed by atoms with van der Waals surface area (Å²) in [5.41, 5.74) is 7.65. The van der Waals surface area contributed by atoms with Crippen molar-refractivity contribution in [2.75, 3.05) is 16.8 Å². The standard InChI is InChI=1S/C17H20N6O/c18-15(24)12-8-10-20-17(22-12)23-14-7-2-1-5-11(14)21-16(23)13-6-3-4-9-19-13/h1-2,5,7-8,10,13,16,19,21H,3-4,6,9H2,(H2,18,24). The molecule has 4 N–H and O–H groups in total. The zero-order valence-electron chi connectivity index (χ0n) is 13.3. The van der Waals surface area contributed by atoms with Gasteiger partial charge in [0, 0.05) is 12.2 Å². The Morgan fingerprint density at radius 2 is 2.12 bits per heavy atom. The van der Waals surface area contributed by atoms with E-state index in [0.29, 0.717) is 5.95 Å². The van der Waals surface area contributed by atoms with Crippen LogP contribution in [0.2, 0.25) is 0 Å². The number of carbonyl (C=O) groups is 1. The number of aromatic nitrogens is 2. The molecule has 0 spiro atoms. The Kier molecular flexibility index (Phi) is 3.78. The molecule has 2 aliphatic rings. The molecule has 2 aromatic rings. The van der Waals surface area contributed by atoms with E-state index in [-0.39, 0.29) is 17.9 Å². The molecular formula is C17H20N6O. The summed E-state index contributed by atoms with van der Waals surface area (Å²) >= 11 is 0. The van der Waals surface area contributed by atoms with Crippen LogP contribution in [-0.2, 0) is 0 Å². The molecule has 24 heavy (non-hydrogen) atoms. The quantitative estimate of drug-likeness (QED) is 0.794. The Hall–Kier alpha value is -2.67. The van der Waals surface area contributed by atoms with E-state index < -0.39 is 5.91 Å². The van der Waals surface area contributed by atoms with E-state index in [2.05, 4.69) is 25.5 Å². The Labute approximate surface area is 140 Å². The third kappa shape index (κ3) is 2.56. The minimum atomic E-state index is -0.550. The summed E-state index contributed by atoms with van der Waals surface area (Å²) in [7, 11) is 0. The number of hydrogen-bond acceptors (Lipinski definition) is 6. The molecule has 1 aromatic heterocycles. The SMILES string of the molecule is NC(=O)c1ccnc(N2c3ccccc3NC2C2CCCCN2)n1. The smallest absolute Gasteiger partial charge is 0.267 e. The number of nitrogens with zero attached hydrogens (tertiary/aromatic N) is 3. The molecule has 0 saturated carbocycles. The van der Waals surface area contributed by atoms with E-state index in [0.717, 1.165) is 24.3 Å². The van der Waals surface area contributed by atoms with Crippen LogP contribution >= 0.6 is 0 Å². The van der Waals surface area contributed by atoms with Crippen LogP contribution in [0.5, 0.6) is 0 Å². The third-order valence-electron chi connectivity index (χ3n) is 4.59. The van der Waals surface area contributed by atoms with Crippen LogP contribution in [0.1, 0.15) is 29.8 Å². The predicted molar refractivity (Wildman–Crippen MR) is 92.2 cm³/mol. The van der Waals surface area contributed by atoms with E-state index >= 15 is 0 Å². The van der Waals surface area contributed by atoms with Crippen LogP contribution in [0, 0.1) is 0 Å². The van der Waals surface area contributed by atoms with Crippen molar-refractivity contribution in [1.29, 1.82) is 0 Å². The van der Waals surface area contributed by atoms with Crippen molar-refractivity contribution in [2.45, 2.75) is 31.5 Å². The summed E-state index contributed by atoms with van der Waals surface area (Å²) in [4.78, 5) is 22.3. The van der Waals surface area contributed by atoms with Crippen molar-refractivity contribution in [3.05, 3.63) is 42.2 Å². The highest BCUT2D eigenvalue weighted by atomic mass is 16.1. The molecule has 0 radical (unpaired) electrons. The minimum Gasteiger partial charge on any atom is -0.364 e. The number of hydrogen-bond donors (Lipinski definition) is 3. The summed E-state index contributed by atoms with van der Waals surface area (Å²) in [6.07, 6.45) is 5.06. The van der Waals surface area contributed by atoms with Gasteiger partial charge in [-0.25, -0.2) is 9.97 Å². The Bertz CT molecular complexity index is 758. The fourth-order valence-electron chi connectivity index (χ4n) is 3.44. The molecule has 4 rings (SSSR count). The number of anilines is 3. The zero-order chi connectivity index (χ0) is 16.5. The molecule has 7 nitrogen and oxygen atoms in total. The lowest BCUT2D eigenvalue weighted by molar-refractivity contribution is 0.0995. The van der Waals surface area contributed by atoms with Gasteiger partial charge >= 0.3 is 0 Å². The lowest BCUT2D eigenvalue weighted by Crippen LogP contribution is -2.52. The molecule has 2 unspecified atom stereocenters. The molecular weight excluding hydrogens is 304 g/mol. The minimum absolute atomic E-state index is 0.00539. The van der Waals surface area contributed by atoms with E-state index in [1.807, 2.05) is 24.3 Å². The van der Waals surface area contributed by atoms with Crippen molar-refractivity contribution in [1.82, 2.24) is 15.3 Å². The molecule has 7 heteroatoms. The second-order valence-corrected chi connectivity index (χ2v) is 6.14. The second-order valence-electron chi connectivity index (χ2n) is 6.14. The van der Waals surface area contributed by atoms with Crippen LogP contribution in [0.4, 0.5) is 17.3 Å². The fraction of sp³-hybridized carbons (Fsp3) is 0.353. The number of amides is 1. The first-order valence-corrected chi connectivity index (χ1v) is 8.25. The first-order valence-electron chi connectivity index (χ1n) is 8.25. The van der Waals surface area contributed by atoms with Gasteiger partial charge in [-0.15, -0.1) is 0 Å². The summed E-state index contributed by atoms with van der Waals surface area (Å²) in [5, 5.41) is 7.15. The average molecular weight is 324 g/mol. The molecule has 1 saturated heterocycles. The number of nitrogens with one attached hydrogen (secondary N) is 2. The van der Waals surface area contributed by atoms with Gasteiger partial charge in [0.25, 0.3) is 5.91 Å². The number of rotatable bonds is 3. The number of fused-ring (bicyclic) bond motifs is 1. The van der Waals surface area contributed by atoms with E-state index in [4.69, 9.17) is 5.73 Å². The van der Waals surface area contributed by atoms with Crippen molar-refractivity contribution in [3.63, 3.8) is 0 Å². The molecule has 2 aliphatic heterocycles. The number of nitrogens with two attached hydrogens (primary N) is 1. The molecule has 1 amide bonds. The number of primary amides is 1. The van der Waals surface area contributed by atoms with Crippen molar-refractivity contribution in [3.8, 4) is 0 Å². The first-order chi connectivity index (χ1) is 11.7. The lowest BCUT2D eigenvalue weighted by atomic mass is 10.0. The summed E-state index contributed by atoms with van der Waals surface area (Å²) in [5.74, 6) is -0.0624. The normalized spacial score (nSPS) is 22.8. The summed E-state index contributed by atoms with van der Waals surface area (Å²) < 4.78 is 0. The zero-order valence-corrected chi connectivity index (χ0v) is 13.3. The van der Waals surface area contributed by atoms with Crippen LogP contribution in [-0.4, -0.2) is 34.6 Å². The van der Waals surface area contributed by atoms with Crippen LogP contribution in [0.15, 0.2) is 36.5 Å². The maximum atomic E-state index is 11.5. The van der Waals surface area contributed by atoms with Crippen LogP contribution in [0.3, 0.4) is 0 Å². The highest BCUT2D eigenvalue weighted by Crippen LogP contribution is 2.40. The van der Waals surface area contributed by atoms with Gasteiger partial charge in [-0.2, -0.15) is 0 Å². The highest BCUT2D eigenvalue weighted by molar-refractivity contribution is 5.91. The average Bonchev–Trinajstić information content (AvgIpc) is 3.02. The lowest BCUT2D eigenvalue weighted by Gasteiger charge is -2.34. The van der Waals surface area contributed by atoms with Gasteiger partial charge in [0.1, 0.15) is 11.9 Å². The van der Waals surface area contributed by atoms with Crippen LogP contribution in [0.25, 0.3) is 0 Å². The van der Waals surface area contributed by atoms with Gasteiger partial charge in [-0.1, -0.05) is 18.6 Å². The molecule has 3 heterocycles. The maximum absolute atomic E-state index is 11.5. The third-order valence-corrected chi connectivity index (χ3v) is 4.59. The Morgan fingerprint density at radius 3 is 2.92 bits per heavy atom. The van der Waals surface area contributed by atoms with Gasteiger partial charge in [0.05, 0.1) is 11.4 Å². The summed E-state index contributed by atoms with van der Waals surface area (Å²) in [6, 6.07) is 9.89. The van der Waals surface area contributed by atoms with Crippen LogP contribution < -0.4 is 21.3 Å². The van der Waals surface area contributed by atoms with Crippen molar-refractivity contribution >= 4 is 23.2 Å². The first kappa shape index (κ1) is 14.9. The monoisotopic (exact) mass is 324 g/mol. The fourth-order valence-corrected chi connectivity index (χ4v) is 3.44. The Balaban J connectivity index is 1.75. The molecule has 1 fully saturated rings.